The van der Waals surface area contributed by atoms with E-state index in [9.17, 15) is 9.59 Å². The van der Waals surface area contributed by atoms with Crippen molar-refractivity contribution in [3.8, 4) is 5.75 Å². The van der Waals surface area contributed by atoms with Crippen molar-refractivity contribution in [3.63, 3.8) is 0 Å². The number of halogens is 1. The second-order valence-electron chi connectivity index (χ2n) is 6.95. The Bertz CT molecular complexity index is 1030. The summed E-state index contributed by atoms with van der Waals surface area (Å²) in [5.74, 6) is 0.120. The SMILES string of the molecule is CCNC(=O)C(C)N(Cc1ccccc1Cl)C(=O)COc1cccc2ccccc12. The van der Waals surface area contributed by atoms with E-state index in [1.54, 1.807) is 13.0 Å². The van der Waals surface area contributed by atoms with Crippen molar-refractivity contribution in [1.29, 1.82) is 0 Å². The number of hydrogen-bond donors (Lipinski definition) is 1. The van der Waals surface area contributed by atoms with E-state index in [4.69, 9.17) is 16.3 Å². The van der Waals surface area contributed by atoms with Crippen LogP contribution >= 0.6 is 11.6 Å². The zero-order chi connectivity index (χ0) is 21.5. The Labute approximate surface area is 181 Å². The van der Waals surface area contributed by atoms with Gasteiger partial charge in [0.2, 0.25) is 5.91 Å². The summed E-state index contributed by atoms with van der Waals surface area (Å²) >= 11 is 6.29. The van der Waals surface area contributed by atoms with Gasteiger partial charge in [0.05, 0.1) is 0 Å². The van der Waals surface area contributed by atoms with Crippen LogP contribution in [0, 0.1) is 0 Å². The molecule has 3 rings (SSSR count). The molecule has 0 aromatic heterocycles. The summed E-state index contributed by atoms with van der Waals surface area (Å²) in [5.41, 5.74) is 0.772. The molecule has 0 aliphatic carbocycles. The number of hydrogen-bond acceptors (Lipinski definition) is 3. The summed E-state index contributed by atoms with van der Waals surface area (Å²) in [6, 6.07) is 20.2. The number of nitrogens with one attached hydrogen (secondary N) is 1. The molecule has 0 spiro atoms. The molecule has 6 heteroatoms. The lowest BCUT2D eigenvalue weighted by Gasteiger charge is -2.29. The highest BCUT2D eigenvalue weighted by Crippen LogP contribution is 2.25. The molecule has 0 bridgehead atoms. The standard InChI is InChI=1S/C24H25ClN2O3/c1-3-26-24(29)17(2)27(15-19-10-5-7-13-21(19)25)23(28)16-30-22-14-8-11-18-9-4-6-12-20(18)22/h4-14,17H,3,15-16H2,1-2H3,(H,26,29). The van der Waals surface area contributed by atoms with Crippen molar-refractivity contribution in [1.82, 2.24) is 10.2 Å². The van der Waals surface area contributed by atoms with E-state index in [1.165, 1.54) is 4.90 Å². The van der Waals surface area contributed by atoms with E-state index in [0.29, 0.717) is 17.3 Å². The van der Waals surface area contributed by atoms with Crippen LogP contribution in [-0.2, 0) is 16.1 Å². The molecule has 0 aliphatic rings. The van der Waals surface area contributed by atoms with Gasteiger partial charge in [-0.05, 0) is 36.9 Å². The average Bonchev–Trinajstić information content (AvgIpc) is 2.76. The summed E-state index contributed by atoms with van der Waals surface area (Å²) in [4.78, 5) is 27.0. The Morgan fingerprint density at radius 2 is 1.73 bits per heavy atom. The molecule has 0 fully saturated rings. The first kappa shape index (κ1) is 21.7. The second kappa shape index (κ2) is 10.1. The average molecular weight is 425 g/mol. The fourth-order valence-corrected chi connectivity index (χ4v) is 3.45. The van der Waals surface area contributed by atoms with Crippen LogP contribution < -0.4 is 10.1 Å². The molecule has 156 valence electrons. The molecule has 5 nitrogen and oxygen atoms in total. The van der Waals surface area contributed by atoms with Crippen LogP contribution in [0.3, 0.4) is 0 Å². The number of carbonyl (C=O) groups excluding carboxylic acids is 2. The minimum absolute atomic E-state index is 0.178. The molecule has 0 saturated carbocycles. The van der Waals surface area contributed by atoms with Crippen molar-refractivity contribution >= 4 is 34.2 Å². The van der Waals surface area contributed by atoms with Crippen LogP contribution in [0.2, 0.25) is 5.02 Å². The summed E-state index contributed by atoms with van der Waals surface area (Å²) < 4.78 is 5.86. The van der Waals surface area contributed by atoms with Gasteiger partial charge in [-0.1, -0.05) is 66.2 Å². The predicted molar refractivity (Wildman–Crippen MR) is 120 cm³/mol. The molecular weight excluding hydrogens is 400 g/mol. The third-order valence-corrected chi connectivity index (χ3v) is 5.29. The molecule has 0 saturated heterocycles. The number of rotatable bonds is 8. The van der Waals surface area contributed by atoms with E-state index >= 15 is 0 Å². The Hall–Kier alpha value is -3.05. The fraction of sp³-hybridized carbons (Fsp3) is 0.250. The third-order valence-electron chi connectivity index (χ3n) is 4.92. The van der Waals surface area contributed by atoms with E-state index in [-0.39, 0.29) is 25.0 Å². The van der Waals surface area contributed by atoms with Crippen LogP contribution in [0.15, 0.2) is 66.7 Å². The smallest absolute Gasteiger partial charge is 0.261 e. The van der Waals surface area contributed by atoms with Crippen LogP contribution in [0.5, 0.6) is 5.75 Å². The molecule has 1 unspecified atom stereocenters. The largest absolute Gasteiger partial charge is 0.483 e. The quantitative estimate of drug-likeness (QED) is 0.582. The summed E-state index contributed by atoms with van der Waals surface area (Å²) in [6.45, 7) is 4.08. The second-order valence-corrected chi connectivity index (χ2v) is 7.36. The first-order chi connectivity index (χ1) is 14.5. The lowest BCUT2D eigenvalue weighted by atomic mass is 10.1. The van der Waals surface area contributed by atoms with Gasteiger partial charge < -0.3 is 15.0 Å². The zero-order valence-electron chi connectivity index (χ0n) is 17.1. The lowest BCUT2D eigenvalue weighted by molar-refractivity contribution is -0.142. The minimum atomic E-state index is -0.662. The van der Waals surface area contributed by atoms with Gasteiger partial charge in [0.25, 0.3) is 5.91 Å². The Morgan fingerprint density at radius 1 is 1.03 bits per heavy atom. The predicted octanol–water partition coefficient (Wildman–Crippen LogP) is 4.43. The fourth-order valence-electron chi connectivity index (χ4n) is 3.26. The van der Waals surface area contributed by atoms with Gasteiger partial charge in [-0.2, -0.15) is 0 Å². The molecule has 2 amide bonds. The van der Waals surface area contributed by atoms with Crippen LogP contribution in [0.25, 0.3) is 10.8 Å². The van der Waals surface area contributed by atoms with Crippen molar-refractivity contribution in [3.05, 3.63) is 77.3 Å². The number of amides is 2. The van der Waals surface area contributed by atoms with Gasteiger partial charge in [-0.3, -0.25) is 9.59 Å². The van der Waals surface area contributed by atoms with E-state index in [0.717, 1.165) is 16.3 Å². The first-order valence-electron chi connectivity index (χ1n) is 9.92. The van der Waals surface area contributed by atoms with E-state index in [2.05, 4.69) is 5.32 Å². The highest BCUT2D eigenvalue weighted by molar-refractivity contribution is 6.31. The molecule has 0 heterocycles. The normalized spacial score (nSPS) is 11.7. The van der Waals surface area contributed by atoms with Gasteiger partial charge in [0.1, 0.15) is 11.8 Å². The summed E-state index contributed by atoms with van der Waals surface area (Å²) in [6.07, 6.45) is 0. The van der Waals surface area contributed by atoms with Crippen molar-refractivity contribution in [2.24, 2.45) is 0 Å². The van der Waals surface area contributed by atoms with Crippen LogP contribution in [0.1, 0.15) is 19.4 Å². The molecule has 1 atom stereocenters. The van der Waals surface area contributed by atoms with Gasteiger partial charge in [0.15, 0.2) is 6.61 Å². The monoisotopic (exact) mass is 424 g/mol. The van der Waals surface area contributed by atoms with Crippen molar-refractivity contribution in [2.45, 2.75) is 26.4 Å². The maximum atomic E-state index is 13.1. The Balaban J connectivity index is 1.80. The number of fused-ring (bicyclic) bond motifs is 1. The van der Waals surface area contributed by atoms with Crippen molar-refractivity contribution < 1.29 is 14.3 Å². The number of benzene rings is 3. The molecule has 30 heavy (non-hydrogen) atoms. The van der Waals surface area contributed by atoms with E-state index in [1.807, 2.05) is 67.6 Å². The Morgan fingerprint density at radius 3 is 2.50 bits per heavy atom. The highest BCUT2D eigenvalue weighted by Gasteiger charge is 2.26. The maximum Gasteiger partial charge on any atom is 0.261 e. The Kier molecular flexibility index (Phi) is 7.31. The summed E-state index contributed by atoms with van der Waals surface area (Å²) in [7, 11) is 0. The minimum Gasteiger partial charge on any atom is -0.483 e. The number of likely N-dealkylation sites (N-methyl/N-ethyl adjacent to an activating group) is 1. The van der Waals surface area contributed by atoms with Gasteiger partial charge in [0, 0.05) is 23.5 Å². The van der Waals surface area contributed by atoms with Gasteiger partial charge in [-0.25, -0.2) is 0 Å². The number of carbonyl (C=O) groups is 2. The molecule has 3 aromatic carbocycles. The molecule has 3 aromatic rings. The first-order valence-corrected chi connectivity index (χ1v) is 10.3. The number of ether oxygens (including phenoxy) is 1. The maximum absolute atomic E-state index is 13.1. The van der Waals surface area contributed by atoms with Crippen LogP contribution in [-0.4, -0.2) is 35.9 Å². The third kappa shape index (κ3) is 5.10. The van der Waals surface area contributed by atoms with Gasteiger partial charge >= 0.3 is 0 Å². The van der Waals surface area contributed by atoms with Gasteiger partial charge in [-0.15, -0.1) is 0 Å². The van der Waals surface area contributed by atoms with Crippen LogP contribution in [0.4, 0.5) is 0 Å². The molecular formula is C24H25ClN2O3. The van der Waals surface area contributed by atoms with Crippen molar-refractivity contribution in [2.75, 3.05) is 13.2 Å². The van der Waals surface area contributed by atoms with E-state index < -0.39 is 6.04 Å². The number of nitrogens with zero attached hydrogens (tertiary/aromatic N) is 1. The topological polar surface area (TPSA) is 58.6 Å². The molecule has 0 aliphatic heterocycles. The highest BCUT2D eigenvalue weighted by atomic mass is 35.5. The molecule has 1 N–H and O–H groups in total. The molecule has 0 radical (unpaired) electrons. The summed E-state index contributed by atoms with van der Waals surface area (Å²) in [5, 5.41) is 5.29. The lowest BCUT2D eigenvalue weighted by Crippen LogP contribution is -2.49. The zero-order valence-corrected chi connectivity index (χ0v) is 17.9.